The van der Waals surface area contributed by atoms with Gasteiger partial charge in [-0.1, -0.05) is 30.3 Å². The molecule has 1 fully saturated rings. The van der Waals surface area contributed by atoms with Gasteiger partial charge in [-0.05, 0) is 30.5 Å². The molecule has 0 radical (unpaired) electrons. The Balaban J connectivity index is 1.87. The third-order valence-electron chi connectivity index (χ3n) is 4.71. The highest BCUT2D eigenvalue weighted by Crippen LogP contribution is 2.36. The third-order valence-corrected chi connectivity index (χ3v) is 4.71. The van der Waals surface area contributed by atoms with Crippen molar-refractivity contribution in [2.75, 3.05) is 11.6 Å². The largest absolute Gasteiger partial charge is 0.286 e. The summed E-state index contributed by atoms with van der Waals surface area (Å²) >= 11 is 0. The summed E-state index contributed by atoms with van der Waals surface area (Å²) in [5.41, 5.74) is 0.684. The highest BCUT2D eigenvalue weighted by Gasteiger charge is 2.36. The molecule has 1 aliphatic rings. The SMILES string of the molecule is O=c1cccnn1C1CCCN(n2ncccc2=O)C1c1ccccc1. The van der Waals surface area contributed by atoms with Gasteiger partial charge in [-0.25, -0.2) is 4.68 Å². The summed E-state index contributed by atoms with van der Waals surface area (Å²) in [6, 6.07) is 15.8. The Morgan fingerprint density at radius 2 is 1.58 bits per heavy atom. The molecule has 1 aromatic carbocycles. The molecule has 132 valence electrons. The zero-order chi connectivity index (χ0) is 17.9. The molecule has 4 rings (SSSR count). The number of aromatic nitrogens is 4. The first-order valence-corrected chi connectivity index (χ1v) is 8.66. The van der Waals surface area contributed by atoms with E-state index in [9.17, 15) is 9.59 Å². The Bertz CT molecular complexity index is 937. The molecule has 2 aromatic heterocycles. The molecule has 26 heavy (non-hydrogen) atoms. The minimum Gasteiger partial charge on any atom is -0.284 e. The molecule has 7 nitrogen and oxygen atoms in total. The molecule has 0 saturated carbocycles. The molecule has 0 amide bonds. The van der Waals surface area contributed by atoms with Crippen LogP contribution in [0.3, 0.4) is 0 Å². The number of rotatable bonds is 3. The van der Waals surface area contributed by atoms with Gasteiger partial charge in [0, 0.05) is 31.1 Å². The number of benzene rings is 1. The number of hydrogen-bond donors (Lipinski definition) is 0. The van der Waals surface area contributed by atoms with Crippen LogP contribution in [0.5, 0.6) is 0 Å². The van der Waals surface area contributed by atoms with Crippen LogP contribution in [-0.2, 0) is 0 Å². The van der Waals surface area contributed by atoms with E-state index in [-0.39, 0.29) is 23.2 Å². The maximum atomic E-state index is 12.4. The minimum absolute atomic E-state index is 0.145. The van der Waals surface area contributed by atoms with Gasteiger partial charge in [-0.3, -0.25) is 14.6 Å². The van der Waals surface area contributed by atoms with Crippen molar-refractivity contribution in [2.24, 2.45) is 0 Å². The van der Waals surface area contributed by atoms with Gasteiger partial charge in [0.1, 0.15) is 0 Å². The van der Waals surface area contributed by atoms with E-state index in [1.54, 1.807) is 24.5 Å². The molecule has 1 saturated heterocycles. The van der Waals surface area contributed by atoms with Crippen molar-refractivity contribution in [1.29, 1.82) is 0 Å². The van der Waals surface area contributed by atoms with E-state index < -0.39 is 0 Å². The van der Waals surface area contributed by atoms with Gasteiger partial charge in [0.15, 0.2) is 0 Å². The molecule has 0 spiro atoms. The van der Waals surface area contributed by atoms with Crippen LogP contribution in [0.2, 0.25) is 0 Å². The molecule has 1 aliphatic heterocycles. The van der Waals surface area contributed by atoms with Crippen LogP contribution >= 0.6 is 0 Å². The van der Waals surface area contributed by atoms with Gasteiger partial charge >= 0.3 is 0 Å². The standard InChI is InChI=1S/C19H19N5O2/c25-17-10-4-12-20-23(17)16-9-6-14-22(24-18(26)11-5-13-21-24)19(16)15-7-2-1-3-8-15/h1-5,7-8,10-13,16,19H,6,9,14H2. The molecule has 2 unspecified atom stereocenters. The van der Waals surface area contributed by atoms with E-state index in [4.69, 9.17) is 0 Å². The first-order valence-electron chi connectivity index (χ1n) is 8.66. The number of piperidine rings is 1. The lowest BCUT2D eigenvalue weighted by Crippen LogP contribution is -2.52. The lowest BCUT2D eigenvalue weighted by molar-refractivity contribution is 0.241. The zero-order valence-electron chi connectivity index (χ0n) is 14.2. The van der Waals surface area contributed by atoms with Gasteiger partial charge in [0.05, 0.1) is 12.1 Å². The van der Waals surface area contributed by atoms with E-state index in [1.165, 1.54) is 21.6 Å². The van der Waals surface area contributed by atoms with Crippen LogP contribution in [-0.4, -0.2) is 26.2 Å². The van der Waals surface area contributed by atoms with Crippen molar-refractivity contribution in [1.82, 2.24) is 19.7 Å². The Hall–Kier alpha value is -3.22. The highest BCUT2D eigenvalue weighted by molar-refractivity contribution is 5.25. The monoisotopic (exact) mass is 349 g/mol. The van der Waals surface area contributed by atoms with E-state index >= 15 is 0 Å². The first-order chi connectivity index (χ1) is 12.8. The Labute approximate surface area is 150 Å². The number of hydrogen-bond acceptors (Lipinski definition) is 5. The average Bonchev–Trinajstić information content (AvgIpc) is 2.69. The predicted molar refractivity (Wildman–Crippen MR) is 97.5 cm³/mol. The van der Waals surface area contributed by atoms with Gasteiger partial charge in [0.25, 0.3) is 11.1 Å². The quantitative estimate of drug-likeness (QED) is 0.717. The predicted octanol–water partition coefficient (Wildman–Crippen LogP) is 1.51. The van der Waals surface area contributed by atoms with E-state index in [0.717, 1.165) is 18.4 Å². The van der Waals surface area contributed by atoms with Crippen LogP contribution in [0.1, 0.15) is 30.5 Å². The molecule has 7 heteroatoms. The van der Waals surface area contributed by atoms with Gasteiger partial charge in [-0.15, -0.1) is 4.79 Å². The summed E-state index contributed by atoms with van der Waals surface area (Å²) in [6.45, 7) is 0.675. The second-order valence-electron chi connectivity index (χ2n) is 6.29. The fraction of sp³-hybridized carbons (Fsp3) is 0.263. The lowest BCUT2D eigenvalue weighted by Gasteiger charge is -2.42. The smallest absolute Gasteiger partial charge is 0.284 e. The Kier molecular flexibility index (Phi) is 4.35. The topological polar surface area (TPSA) is 73.0 Å². The summed E-state index contributed by atoms with van der Waals surface area (Å²) in [7, 11) is 0. The summed E-state index contributed by atoms with van der Waals surface area (Å²) in [4.78, 5) is 26.2. The molecular weight excluding hydrogens is 330 g/mol. The van der Waals surface area contributed by atoms with Crippen LogP contribution in [0.4, 0.5) is 0 Å². The van der Waals surface area contributed by atoms with Crippen molar-refractivity contribution in [2.45, 2.75) is 24.9 Å². The van der Waals surface area contributed by atoms with Crippen LogP contribution in [0.25, 0.3) is 0 Å². The second kappa shape index (κ2) is 6.95. The normalized spacial score (nSPS) is 20.1. The third kappa shape index (κ3) is 2.92. The summed E-state index contributed by atoms with van der Waals surface area (Å²) in [5.74, 6) is 0. The fourth-order valence-electron chi connectivity index (χ4n) is 3.63. The molecule has 0 N–H and O–H groups in total. The minimum atomic E-state index is -0.217. The van der Waals surface area contributed by atoms with Crippen LogP contribution in [0.15, 0.2) is 76.6 Å². The van der Waals surface area contributed by atoms with E-state index in [1.807, 2.05) is 35.3 Å². The van der Waals surface area contributed by atoms with Crippen molar-refractivity contribution in [3.63, 3.8) is 0 Å². The van der Waals surface area contributed by atoms with E-state index in [2.05, 4.69) is 10.2 Å². The summed E-state index contributed by atoms with van der Waals surface area (Å²) in [6.07, 6.45) is 4.85. The van der Waals surface area contributed by atoms with Crippen molar-refractivity contribution in [3.8, 4) is 0 Å². The first kappa shape index (κ1) is 16.3. The van der Waals surface area contributed by atoms with Crippen molar-refractivity contribution >= 4 is 0 Å². The Morgan fingerprint density at radius 3 is 2.31 bits per heavy atom. The fourth-order valence-corrected chi connectivity index (χ4v) is 3.63. The maximum absolute atomic E-state index is 12.4. The molecule has 0 bridgehead atoms. The van der Waals surface area contributed by atoms with E-state index in [0.29, 0.717) is 6.54 Å². The molecule has 3 heterocycles. The van der Waals surface area contributed by atoms with Gasteiger partial charge in [-0.2, -0.15) is 10.2 Å². The van der Waals surface area contributed by atoms with Crippen LogP contribution in [0, 0.1) is 0 Å². The van der Waals surface area contributed by atoms with Crippen molar-refractivity contribution < 1.29 is 0 Å². The molecular formula is C19H19N5O2. The zero-order valence-corrected chi connectivity index (χ0v) is 14.2. The van der Waals surface area contributed by atoms with Crippen molar-refractivity contribution in [3.05, 3.63) is 93.3 Å². The van der Waals surface area contributed by atoms with Gasteiger partial charge < -0.3 is 0 Å². The van der Waals surface area contributed by atoms with Gasteiger partial charge in [0.2, 0.25) is 0 Å². The molecule has 3 aromatic rings. The number of nitrogens with zero attached hydrogens (tertiary/aromatic N) is 5. The molecule has 0 aliphatic carbocycles. The maximum Gasteiger partial charge on any atom is 0.286 e. The van der Waals surface area contributed by atoms with Crippen LogP contribution < -0.4 is 16.1 Å². The molecule has 2 atom stereocenters. The Morgan fingerprint density at radius 1 is 0.846 bits per heavy atom. The average molecular weight is 349 g/mol. The summed E-state index contributed by atoms with van der Waals surface area (Å²) in [5, 5.41) is 10.5. The second-order valence-corrected chi connectivity index (χ2v) is 6.29. The highest BCUT2D eigenvalue weighted by atomic mass is 16.1. The lowest BCUT2D eigenvalue weighted by atomic mass is 9.91. The summed E-state index contributed by atoms with van der Waals surface area (Å²) < 4.78 is 1.53.